The number of carbonyl (C=O) groups excluding carboxylic acids is 1. The van der Waals surface area contributed by atoms with E-state index in [1.54, 1.807) is 0 Å². The molecule has 1 aliphatic rings. The number of pyridine rings is 1. The van der Waals surface area contributed by atoms with Gasteiger partial charge in [0, 0.05) is 12.0 Å². The molecule has 0 saturated carbocycles. The van der Waals surface area contributed by atoms with E-state index in [-0.39, 0.29) is 22.8 Å². The summed E-state index contributed by atoms with van der Waals surface area (Å²) in [5, 5.41) is 2.14. The number of fused-ring (bicyclic) bond motifs is 1. The van der Waals surface area contributed by atoms with E-state index in [2.05, 4.69) is 20.3 Å². The SMILES string of the molecule is O=C(Nc1cnc(-c2c(C(F)(F)F)oc3c2CCC3)cn1)c1c(F)cncc1F. The molecule has 29 heavy (non-hydrogen) atoms. The first-order chi connectivity index (χ1) is 13.8. The molecule has 1 aliphatic carbocycles. The van der Waals surface area contributed by atoms with Crippen molar-refractivity contribution in [2.75, 3.05) is 5.32 Å². The third-order valence-electron chi connectivity index (χ3n) is 4.41. The Labute approximate surface area is 159 Å². The van der Waals surface area contributed by atoms with Gasteiger partial charge in [-0.3, -0.25) is 14.8 Å². The van der Waals surface area contributed by atoms with Crippen molar-refractivity contribution >= 4 is 11.7 Å². The van der Waals surface area contributed by atoms with Gasteiger partial charge in [0.05, 0.1) is 36.0 Å². The van der Waals surface area contributed by atoms with Crippen LogP contribution in [0.5, 0.6) is 0 Å². The molecule has 1 N–H and O–H groups in total. The Morgan fingerprint density at radius 3 is 2.38 bits per heavy atom. The van der Waals surface area contributed by atoms with Crippen molar-refractivity contribution < 1.29 is 31.2 Å². The van der Waals surface area contributed by atoms with Crippen molar-refractivity contribution in [2.45, 2.75) is 25.4 Å². The molecule has 6 nitrogen and oxygen atoms in total. The Balaban J connectivity index is 1.64. The van der Waals surface area contributed by atoms with Crippen LogP contribution in [-0.4, -0.2) is 20.9 Å². The molecular formula is C18H11F5N4O2. The van der Waals surface area contributed by atoms with Crippen molar-refractivity contribution in [2.24, 2.45) is 0 Å². The molecule has 150 valence electrons. The second-order valence-electron chi connectivity index (χ2n) is 6.28. The zero-order valence-electron chi connectivity index (χ0n) is 14.5. The minimum absolute atomic E-state index is 0.0801. The fraction of sp³-hybridized carbons (Fsp3) is 0.222. The van der Waals surface area contributed by atoms with Gasteiger partial charge in [-0.15, -0.1) is 0 Å². The maximum Gasteiger partial charge on any atom is 0.450 e. The molecule has 4 rings (SSSR count). The lowest BCUT2D eigenvalue weighted by molar-refractivity contribution is -0.152. The van der Waals surface area contributed by atoms with Gasteiger partial charge >= 0.3 is 6.18 Å². The van der Waals surface area contributed by atoms with Gasteiger partial charge in [0.2, 0.25) is 5.76 Å². The van der Waals surface area contributed by atoms with Crippen molar-refractivity contribution in [3.8, 4) is 11.3 Å². The van der Waals surface area contributed by atoms with E-state index in [4.69, 9.17) is 4.42 Å². The molecule has 0 spiro atoms. The number of aromatic nitrogens is 3. The number of alkyl halides is 3. The number of rotatable bonds is 3. The van der Waals surface area contributed by atoms with Gasteiger partial charge in [-0.05, 0) is 12.8 Å². The van der Waals surface area contributed by atoms with Crippen molar-refractivity contribution in [1.29, 1.82) is 0 Å². The molecule has 0 bridgehead atoms. The summed E-state index contributed by atoms with van der Waals surface area (Å²) in [4.78, 5) is 23.1. The van der Waals surface area contributed by atoms with Gasteiger partial charge in [-0.2, -0.15) is 13.2 Å². The van der Waals surface area contributed by atoms with Crippen LogP contribution in [0.4, 0.5) is 27.8 Å². The summed E-state index contributed by atoms with van der Waals surface area (Å²) in [5.74, 6) is -4.54. The van der Waals surface area contributed by atoms with E-state index in [9.17, 15) is 26.7 Å². The molecule has 3 heterocycles. The largest absolute Gasteiger partial charge is 0.455 e. The fourth-order valence-electron chi connectivity index (χ4n) is 3.20. The Morgan fingerprint density at radius 1 is 1.03 bits per heavy atom. The van der Waals surface area contributed by atoms with Gasteiger partial charge in [0.1, 0.15) is 11.3 Å². The van der Waals surface area contributed by atoms with Crippen molar-refractivity contribution in [3.63, 3.8) is 0 Å². The maximum absolute atomic E-state index is 13.6. The van der Waals surface area contributed by atoms with Crippen LogP contribution in [0.25, 0.3) is 11.3 Å². The molecule has 0 aromatic carbocycles. The van der Waals surface area contributed by atoms with Crippen LogP contribution < -0.4 is 5.32 Å². The standard InChI is InChI=1S/C18H11F5N4O2/c19-9-4-24-5-10(20)15(9)17(28)27-13-7-25-11(6-26-13)14-8-2-1-3-12(8)29-16(14)18(21,22)23/h4-7H,1-3H2,(H,26,27,28). The predicted octanol–water partition coefficient (Wildman–Crippen LogP) is 4.17. The van der Waals surface area contributed by atoms with Crippen LogP contribution >= 0.6 is 0 Å². The third-order valence-corrected chi connectivity index (χ3v) is 4.41. The van der Waals surface area contributed by atoms with Crippen LogP contribution in [0.2, 0.25) is 0 Å². The van der Waals surface area contributed by atoms with E-state index in [1.807, 2.05) is 0 Å². The summed E-state index contributed by atoms with van der Waals surface area (Å²) in [6, 6.07) is 0. The lowest BCUT2D eigenvalue weighted by atomic mass is 10.1. The summed E-state index contributed by atoms with van der Waals surface area (Å²) in [6.45, 7) is 0. The Bertz CT molecular complexity index is 1070. The minimum Gasteiger partial charge on any atom is -0.455 e. The Hall–Kier alpha value is -3.37. The summed E-state index contributed by atoms with van der Waals surface area (Å²) in [5.41, 5.74) is -0.688. The average molecular weight is 410 g/mol. The summed E-state index contributed by atoms with van der Waals surface area (Å²) >= 11 is 0. The first kappa shape index (κ1) is 19.0. The highest BCUT2D eigenvalue weighted by atomic mass is 19.4. The van der Waals surface area contributed by atoms with Crippen LogP contribution in [0.15, 0.2) is 29.2 Å². The monoisotopic (exact) mass is 410 g/mol. The summed E-state index contributed by atoms with van der Waals surface area (Å²) in [6.07, 6.45) is 0.171. The number of hydrogen-bond donors (Lipinski definition) is 1. The third kappa shape index (κ3) is 3.43. The van der Waals surface area contributed by atoms with Crippen molar-refractivity contribution in [3.05, 3.63) is 59.1 Å². The number of carbonyl (C=O) groups is 1. The van der Waals surface area contributed by atoms with E-state index in [0.29, 0.717) is 37.2 Å². The fourth-order valence-corrected chi connectivity index (χ4v) is 3.20. The number of halogens is 5. The number of hydrogen-bond acceptors (Lipinski definition) is 5. The molecule has 3 aromatic rings. The van der Waals surface area contributed by atoms with Crippen LogP contribution in [-0.2, 0) is 19.0 Å². The van der Waals surface area contributed by atoms with E-state index >= 15 is 0 Å². The lowest BCUT2D eigenvalue weighted by Gasteiger charge is -2.09. The molecule has 0 radical (unpaired) electrons. The zero-order valence-corrected chi connectivity index (χ0v) is 14.5. The van der Waals surface area contributed by atoms with E-state index < -0.39 is 35.0 Å². The molecule has 3 aromatic heterocycles. The molecule has 0 saturated heterocycles. The van der Waals surface area contributed by atoms with Crippen LogP contribution in [0.3, 0.4) is 0 Å². The number of aryl methyl sites for hydroxylation is 1. The Morgan fingerprint density at radius 2 is 1.76 bits per heavy atom. The average Bonchev–Trinajstić information content (AvgIpc) is 3.23. The van der Waals surface area contributed by atoms with Crippen molar-refractivity contribution in [1.82, 2.24) is 15.0 Å². The van der Waals surface area contributed by atoms with Crippen LogP contribution in [0, 0.1) is 11.6 Å². The summed E-state index contributed by atoms with van der Waals surface area (Å²) in [7, 11) is 0. The highest BCUT2D eigenvalue weighted by molar-refractivity contribution is 6.04. The smallest absolute Gasteiger partial charge is 0.450 e. The number of nitrogens with one attached hydrogen (secondary N) is 1. The normalized spacial score (nSPS) is 13.4. The molecule has 0 aliphatic heterocycles. The molecule has 1 amide bonds. The van der Waals surface area contributed by atoms with Gasteiger partial charge < -0.3 is 9.73 Å². The number of anilines is 1. The van der Waals surface area contributed by atoms with Crippen LogP contribution in [0.1, 0.15) is 33.9 Å². The predicted molar refractivity (Wildman–Crippen MR) is 88.9 cm³/mol. The van der Waals surface area contributed by atoms with Gasteiger partial charge in [0.25, 0.3) is 5.91 Å². The maximum atomic E-state index is 13.6. The highest BCUT2D eigenvalue weighted by Crippen LogP contribution is 2.44. The lowest BCUT2D eigenvalue weighted by Crippen LogP contribution is -2.17. The molecule has 0 fully saturated rings. The topological polar surface area (TPSA) is 80.9 Å². The van der Waals surface area contributed by atoms with E-state index in [0.717, 1.165) is 12.4 Å². The molecule has 11 heteroatoms. The number of nitrogens with zero attached hydrogens (tertiary/aromatic N) is 3. The molecule has 0 atom stereocenters. The second-order valence-corrected chi connectivity index (χ2v) is 6.28. The quantitative estimate of drug-likeness (QED) is 0.656. The van der Waals surface area contributed by atoms with Gasteiger partial charge in [-0.1, -0.05) is 0 Å². The number of amides is 1. The molecule has 0 unspecified atom stereocenters. The van der Waals surface area contributed by atoms with Gasteiger partial charge in [-0.25, -0.2) is 13.8 Å². The first-order valence-electron chi connectivity index (χ1n) is 8.40. The first-order valence-corrected chi connectivity index (χ1v) is 8.40. The minimum atomic E-state index is -4.70. The zero-order chi connectivity index (χ0) is 20.8. The second kappa shape index (κ2) is 6.90. The summed E-state index contributed by atoms with van der Waals surface area (Å²) < 4.78 is 72.2. The molecular weight excluding hydrogens is 399 g/mol. The number of furan rings is 1. The Kier molecular flexibility index (Phi) is 4.52. The van der Waals surface area contributed by atoms with Gasteiger partial charge in [0.15, 0.2) is 17.5 Å². The van der Waals surface area contributed by atoms with E-state index in [1.165, 1.54) is 0 Å². The highest BCUT2D eigenvalue weighted by Gasteiger charge is 2.42.